The molecule has 1 aliphatic rings. The molecule has 1 amide bonds. The number of hydrogen-bond donors (Lipinski definition) is 2. The van der Waals surface area contributed by atoms with Crippen LogP contribution >= 0.6 is 0 Å². The number of H-pyrrole nitrogens is 1. The molecule has 6 heteroatoms. The zero-order valence-corrected chi connectivity index (χ0v) is 14.1. The van der Waals surface area contributed by atoms with Crippen LogP contribution in [0.25, 0.3) is 11.4 Å². The number of benzene rings is 2. The zero-order valence-electron chi connectivity index (χ0n) is 14.1. The molecule has 1 fully saturated rings. The Morgan fingerprint density at radius 3 is 2.77 bits per heavy atom. The van der Waals surface area contributed by atoms with E-state index >= 15 is 0 Å². The summed E-state index contributed by atoms with van der Waals surface area (Å²) in [6.45, 7) is 1.90. The van der Waals surface area contributed by atoms with Crippen molar-refractivity contribution >= 4 is 11.6 Å². The summed E-state index contributed by atoms with van der Waals surface area (Å²) in [5.41, 5.74) is 2.60. The van der Waals surface area contributed by atoms with E-state index in [1.807, 2.05) is 25.1 Å². The van der Waals surface area contributed by atoms with Gasteiger partial charge in [0.15, 0.2) is 11.6 Å². The summed E-state index contributed by atoms with van der Waals surface area (Å²) in [4.78, 5) is 20.0. The lowest BCUT2D eigenvalue weighted by atomic mass is 10.1. The van der Waals surface area contributed by atoms with Gasteiger partial charge in [-0.3, -0.25) is 4.79 Å². The van der Waals surface area contributed by atoms with Crippen LogP contribution in [0.3, 0.4) is 0 Å². The molecule has 1 aromatic heterocycles. The largest absolute Gasteiger partial charge is 0.342 e. The molecular formula is C20H17F2N3O. The standard InChI is InChI=1S/C20H17F2N3O/c1-11-10-23-19(24-11)13-5-2-3-8-17(13)25-20(26)15-9-14(15)12-6-4-7-16(21)18(12)22/h2-8,10,14-15H,9H2,1H3,(H,23,24)(H,25,26)/t14-,15-/m0/s1. The van der Waals surface area contributed by atoms with Gasteiger partial charge in [0.2, 0.25) is 5.91 Å². The minimum absolute atomic E-state index is 0.200. The number of aromatic amines is 1. The highest BCUT2D eigenvalue weighted by atomic mass is 19.2. The number of amides is 1. The van der Waals surface area contributed by atoms with Crippen LogP contribution in [0.2, 0.25) is 0 Å². The second-order valence-electron chi connectivity index (χ2n) is 6.54. The van der Waals surface area contributed by atoms with Crippen LogP contribution in [-0.4, -0.2) is 15.9 Å². The molecule has 1 saturated carbocycles. The van der Waals surface area contributed by atoms with Gasteiger partial charge >= 0.3 is 0 Å². The predicted molar refractivity (Wildman–Crippen MR) is 94.6 cm³/mol. The van der Waals surface area contributed by atoms with Gasteiger partial charge in [0.05, 0.1) is 5.69 Å². The van der Waals surface area contributed by atoms with Crippen LogP contribution in [0.15, 0.2) is 48.7 Å². The van der Waals surface area contributed by atoms with Crippen molar-refractivity contribution < 1.29 is 13.6 Å². The lowest BCUT2D eigenvalue weighted by molar-refractivity contribution is -0.117. The number of hydrogen-bond acceptors (Lipinski definition) is 2. The number of para-hydroxylation sites is 1. The maximum Gasteiger partial charge on any atom is 0.228 e. The molecule has 26 heavy (non-hydrogen) atoms. The van der Waals surface area contributed by atoms with Crippen LogP contribution < -0.4 is 5.32 Å². The molecule has 1 aliphatic carbocycles. The quantitative estimate of drug-likeness (QED) is 0.730. The van der Waals surface area contributed by atoms with Crippen LogP contribution in [0.5, 0.6) is 0 Å². The highest BCUT2D eigenvalue weighted by Gasteiger charge is 2.45. The van der Waals surface area contributed by atoms with Crippen molar-refractivity contribution in [1.82, 2.24) is 9.97 Å². The molecule has 2 N–H and O–H groups in total. The Morgan fingerprint density at radius 2 is 2.00 bits per heavy atom. The Balaban J connectivity index is 1.53. The topological polar surface area (TPSA) is 57.8 Å². The van der Waals surface area contributed by atoms with E-state index in [1.54, 1.807) is 12.3 Å². The van der Waals surface area contributed by atoms with E-state index < -0.39 is 11.6 Å². The van der Waals surface area contributed by atoms with E-state index in [0.717, 1.165) is 17.3 Å². The first-order chi connectivity index (χ1) is 12.5. The maximum absolute atomic E-state index is 13.9. The monoisotopic (exact) mass is 353 g/mol. The summed E-state index contributed by atoms with van der Waals surface area (Å²) in [5.74, 6) is -1.93. The molecule has 0 bridgehead atoms. The highest BCUT2D eigenvalue weighted by molar-refractivity contribution is 5.98. The van der Waals surface area contributed by atoms with Crippen LogP contribution in [0.1, 0.15) is 23.6 Å². The Morgan fingerprint density at radius 1 is 1.19 bits per heavy atom. The van der Waals surface area contributed by atoms with Crippen molar-refractivity contribution in [3.63, 3.8) is 0 Å². The third-order valence-corrected chi connectivity index (χ3v) is 4.65. The summed E-state index contributed by atoms with van der Waals surface area (Å²) < 4.78 is 27.3. The second kappa shape index (κ2) is 6.37. The number of nitrogens with zero attached hydrogens (tertiary/aromatic N) is 1. The summed E-state index contributed by atoms with van der Waals surface area (Å²) in [5, 5.41) is 2.90. The molecule has 0 saturated heterocycles. The molecule has 4 nitrogen and oxygen atoms in total. The average molecular weight is 353 g/mol. The number of halogens is 2. The summed E-state index contributed by atoms with van der Waals surface area (Å²) >= 11 is 0. The predicted octanol–water partition coefficient (Wildman–Crippen LogP) is 4.41. The van der Waals surface area contributed by atoms with Crippen molar-refractivity contribution in [3.8, 4) is 11.4 Å². The Bertz CT molecular complexity index is 983. The lowest BCUT2D eigenvalue weighted by Gasteiger charge is -2.10. The highest BCUT2D eigenvalue weighted by Crippen LogP contribution is 2.49. The number of aryl methyl sites for hydroxylation is 1. The molecule has 3 aromatic rings. The fourth-order valence-electron chi connectivity index (χ4n) is 3.21. The fourth-order valence-corrected chi connectivity index (χ4v) is 3.21. The van der Waals surface area contributed by atoms with Crippen LogP contribution in [0, 0.1) is 24.5 Å². The SMILES string of the molecule is Cc1cnc(-c2ccccc2NC(=O)[C@H]2C[C@H]2c2cccc(F)c2F)[nH]1. The molecular weight excluding hydrogens is 336 g/mol. The van der Waals surface area contributed by atoms with Gasteiger partial charge in [-0.1, -0.05) is 24.3 Å². The van der Waals surface area contributed by atoms with Gasteiger partial charge < -0.3 is 10.3 Å². The molecule has 4 rings (SSSR count). The number of carbonyl (C=O) groups is 1. The first-order valence-corrected chi connectivity index (χ1v) is 8.40. The maximum atomic E-state index is 13.9. The molecule has 2 aromatic carbocycles. The molecule has 0 aliphatic heterocycles. The number of aromatic nitrogens is 2. The van der Waals surface area contributed by atoms with E-state index in [-0.39, 0.29) is 23.3 Å². The van der Waals surface area contributed by atoms with Crippen molar-refractivity contribution in [3.05, 3.63) is 71.6 Å². The van der Waals surface area contributed by atoms with Crippen LogP contribution in [-0.2, 0) is 4.79 Å². The molecule has 0 spiro atoms. The van der Waals surface area contributed by atoms with Gasteiger partial charge in [-0.2, -0.15) is 0 Å². The van der Waals surface area contributed by atoms with Crippen LogP contribution in [0.4, 0.5) is 14.5 Å². The Hall–Kier alpha value is -3.02. The van der Waals surface area contributed by atoms with Crippen molar-refractivity contribution in [1.29, 1.82) is 0 Å². The summed E-state index contributed by atoms with van der Waals surface area (Å²) in [6, 6.07) is 11.4. The lowest BCUT2D eigenvalue weighted by Crippen LogP contribution is -2.15. The van der Waals surface area contributed by atoms with Crippen molar-refractivity contribution in [2.45, 2.75) is 19.3 Å². The average Bonchev–Trinajstić information content (AvgIpc) is 3.31. The normalized spacial score (nSPS) is 18.6. The number of anilines is 1. The van der Waals surface area contributed by atoms with E-state index in [4.69, 9.17) is 0 Å². The van der Waals surface area contributed by atoms with Gasteiger partial charge in [0.25, 0.3) is 0 Å². The molecule has 0 radical (unpaired) electrons. The first kappa shape index (κ1) is 16.4. The number of imidazole rings is 1. The van der Waals surface area contributed by atoms with Gasteiger partial charge in [-0.05, 0) is 43.0 Å². The number of rotatable bonds is 4. The zero-order chi connectivity index (χ0) is 18.3. The van der Waals surface area contributed by atoms with Crippen molar-refractivity contribution in [2.75, 3.05) is 5.32 Å². The molecule has 0 unspecified atom stereocenters. The van der Waals surface area contributed by atoms with E-state index in [9.17, 15) is 13.6 Å². The molecule has 132 valence electrons. The van der Waals surface area contributed by atoms with E-state index in [1.165, 1.54) is 12.1 Å². The van der Waals surface area contributed by atoms with E-state index in [2.05, 4.69) is 15.3 Å². The van der Waals surface area contributed by atoms with Gasteiger partial charge in [0.1, 0.15) is 5.82 Å². The number of carbonyl (C=O) groups excluding carboxylic acids is 1. The smallest absolute Gasteiger partial charge is 0.228 e. The van der Waals surface area contributed by atoms with E-state index in [0.29, 0.717) is 17.9 Å². The minimum atomic E-state index is -0.882. The van der Waals surface area contributed by atoms with Gasteiger partial charge in [-0.25, -0.2) is 13.8 Å². The first-order valence-electron chi connectivity index (χ1n) is 8.40. The molecule has 2 atom stereocenters. The molecule has 1 heterocycles. The van der Waals surface area contributed by atoms with Gasteiger partial charge in [0, 0.05) is 23.4 Å². The Kier molecular flexibility index (Phi) is 4.03. The third kappa shape index (κ3) is 2.98. The summed E-state index contributed by atoms with van der Waals surface area (Å²) in [7, 11) is 0. The Labute approximate surface area is 149 Å². The fraction of sp³-hybridized carbons (Fsp3) is 0.200. The third-order valence-electron chi connectivity index (χ3n) is 4.65. The van der Waals surface area contributed by atoms with Crippen molar-refractivity contribution in [2.24, 2.45) is 5.92 Å². The summed E-state index contributed by atoms with van der Waals surface area (Å²) in [6.07, 6.45) is 2.23. The number of nitrogens with one attached hydrogen (secondary N) is 2. The second-order valence-corrected chi connectivity index (χ2v) is 6.54. The minimum Gasteiger partial charge on any atom is -0.342 e. The van der Waals surface area contributed by atoms with Gasteiger partial charge in [-0.15, -0.1) is 0 Å².